The van der Waals surface area contributed by atoms with E-state index in [1.54, 1.807) is 6.26 Å². The Kier molecular flexibility index (Phi) is 7.58. The lowest BCUT2D eigenvalue weighted by molar-refractivity contribution is -0.203. The van der Waals surface area contributed by atoms with E-state index in [1.807, 2.05) is 15.9 Å². The molecule has 4 saturated carbocycles. The number of nitrogens with zero attached hydrogens (tertiary/aromatic N) is 2. The van der Waals surface area contributed by atoms with Gasteiger partial charge in [-0.15, -0.1) is 0 Å². The third kappa shape index (κ3) is 4.44. The SMILES string of the molecule is C[C@]12CC[C@H](N(CCO)C(=O)N3CCCNCC3)C[C@H]1CC[C@@H]1[C@@H]2CC[C@]2(C)[C@@H](c3ccc(=O)oc3)CC[C@]12O. The van der Waals surface area contributed by atoms with E-state index in [1.165, 1.54) is 6.07 Å². The molecule has 3 N–H and O–H groups in total. The van der Waals surface area contributed by atoms with Crippen LogP contribution in [0.2, 0.25) is 0 Å². The standard InChI is InChI=1S/C32H49N3O5/c1-30-11-8-24(35(18-19-36)29(38)34-16-3-14-33-15-17-34)20-23(30)5-6-27-26(30)9-12-31(2)25(10-13-32(27,31)39)22-4-7-28(37)40-21-22/h4,7,21,23-27,33,36,39H,3,5-6,8-20H2,1-2H3/t23-,24+,25-,26+,27-,30+,31-,32+/m1/s1. The van der Waals surface area contributed by atoms with Gasteiger partial charge in [0.15, 0.2) is 0 Å². The molecule has 1 aromatic heterocycles. The van der Waals surface area contributed by atoms with Crippen molar-refractivity contribution in [3.63, 3.8) is 0 Å². The zero-order valence-corrected chi connectivity index (χ0v) is 24.4. The first-order chi connectivity index (χ1) is 19.2. The van der Waals surface area contributed by atoms with Crippen molar-refractivity contribution in [2.75, 3.05) is 39.3 Å². The summed E-state index contributed by atoms with van der Waals surface area (Å²) in [5.41, 5.74) is -0.0440. The maximum absolute atomic E-state index is 13.6. The lowest BCUT2D eigenvalue weighted by atomic mass is 9.43. The second-order valence-corrected chi connectivity index (χ2v) is 14.1. The molecule has 2 amide bonds. The molecular weight excluding hydrogens is 506 g/mol. The third-order valence-electron chi connectivity index (χ3n) is 12.6. The molecule has 4 aliphatic carbocycles. The zero-order valence-electron chi connectivity index (χ0n) is 24.4. The van der Waals surface area contributed by atoms with Crippen LogP contribution in [0.25, 0.3) is 0 Å². The van der Waals surface area contributed by atoms with E-state index in [9.17, 15) is 19.8 Å². The minimum Gasteiger partial charge on any atom is -0.431 e. The number of urea groups is 1. The monoisotopic (exact) mass is 555 g/mol. The van der Waals surface area contributed by atoms with E-state index in [0.717, 1.165) is 96.0 Å². The van der Waals surface area contributed by atoms with Gasteiger partial charge < -0.3 is 29.7 Å². The maximum Gasteiger partial charge on any atom is 0.335 e. The number of aliphatic hydroxyl groups is 2. The summed E-state index contributed by atoms with van der Waals surface area (Å²) in [5, 5.41) is 25.8. The van der Waals surface area contributed by atoms with E-state index in [0.29, 0.717) is 18.4 Å². The summed E-state index contributed by atoms with van der Waals surface area (Å²) in [5.74, 6) is 1.50. The molecule has 0 radical (unpaired) electrons. The number of amides is 2. The van der Waals surface area contributed by atoms with Gasteiger partial charge >= 0.3 is 11.7 Å². The van der Waals surface area contributed by atoms with Gasteiger partial charge in [0.25, 0.3) is 0 Å². The quantitative estimate of drug-likeness (QED) is 0.519. The Morgan fingerprint density at radius 2 is 1.93 bits per heavy atom. The van der Waals surface area contributed by atoms with Crippen molar-refractivity contribution >= 4 is 6.03 Å². The van der Waals surface area contributed by atoms with Gasteiger partial charge in [-0.25, -0.2) is 9.59 Å². The van der Waals surface area contributed by atoms with Crippen molar-refractivity contribution in [2.45, 2.75) is 95.6 Å². The Bertz CT molecular complexity index is 1110. The Morgan fingerprint density at radius 1 is 1.07 bits per heavy atom. The first-order valence-corrected chi connectivity index (χ1v) is 15.9. The van der Waals surface area contributed by atoms with Crippen molar-refractivity contribution in [3.8, 4) is 0 Å². The predicted octanol–water partition coefficient (Wildman–Crippen LogP) is 3.96. The smallest absolute Gasteiger partial charge is 0.335 e. The number of fused-ring (bicyclic) bond motifs is 5. The number of aliphatic hydroxyl groups excluding tert-OH is 1. The molecule has 8 heteroatoms. The number of hydrogen-bond donors (Lipinski definition) is 3. The number of hydrogen-bond acceptors (Lipinski definition) is 6. The Labute approximate surface area is 238 Å². The van der Waals surface area contributed by atoms with Gasteiger partial charge in [0.05, 0.1) is 18.5 Å². The van der Waals surface area contributed by atoms with Crippen molar-refractivity contribution in [1.82, 2.24) is 15.1 Å². The Morgan fingerprint density at radius 3 is 2.70 bits per heavy atom. The first-order valence-electron chi connectivity index (χ1n) is 15.9. The van der Waals surface area contributed by atoms with Crippen molar-refractivity contribution in [1.29, 1.82) is 0 Å². The van der Waals surface area contributed by atoms with Gasteiger partial charge in [0.1, 0.15) is 0 Å². The van der Waals surface area contributed by atoms with Gasteiger partial charge in [-0.3, -0.25) is 0 Å². The third-order valence-corrected chi connectivity index (χ3v) is 12.6. The fraction of sp³-hybridized carbons (Fsp3) is 0.812. The topological polar surface area (TPSA) is 106 Å². The molecule has 8 nitrogen and oxygen atoms in total. The van der Waals surface area contributed by atoms with E-state index in [2.05, 4.69) is 19.2 Å². The molecule has 5 fully saturated rings. The summed E-state index contributed by atoms with van der Waals surface area (Å²) in [6.07, 6.45) is 11.6. The molecule has 1 saturated heterocycles. The van der Waals surface area contributed by atoms with E-state index in [-0.39, 0.29) is 47.0 Å². The summed E-state index contributed by atoms with van der Waals surface area (Å²) >= 11 is 0. The highest BCUT2D eigenvalue weighted by molar-refractivity contribution is 5.75. The molecule has 0 spiro atoms. The normalized spacial score (nSPS) is 41.4. The van der Waals surface area contributed by atoms with Gasteiger partial charge in [-0.2, -0.15) is 0 Å². The second-order valence-electron chi connectivity index (χ2n) is 14.1. The Hall–Kier alpha value is -1.90. The van der Waals surface area contributed by atoms with Gasteiger partial charge in [0, 0.05) is 43.7 Å². The highest BCUT2D eigenvalue weighted by Gasteiger charge is 2.67. The van der Waals surface area contributed by atoms with Crippen LogP contribution in [0.5, 0.6) is 0 Å². The van der Waals surface area contributed by atoms with Crippen LogP contribution in [-0.2, 0) is 0 Å². The number of nitrogens with one attached hydrogen (secondary N) is 1. The fourth-order valence-corrected chi connectivity index (χ4v) is 10.3. The summed E-state index contributed by atoms with van der Waals surface area (Å²) in [4.78, 5) is 29.2. The minimum absolute atomic E-state index is 0.00142. The van der Waals surface area contributed by atoms with Crippen LogP contribution < -0.4 is 10.9 Å². The molecule has 0 unspecified atom stereocenters. The zero-order chi connectivity index (χ0) is 28.1. The summed E-state index contributed by atoms with van der Waals surface area (Å²) < 4.78 is 5.24. The highest BCUT2D eigenvalue weighted by atomic mass is 16.4. The summed E-state index contributed by atoms with van der Waals surface area (Å²) in [6, 6.07) is 3.68. The van der Waals surface area contributed by atoms with Gasteiger partial charge in [-0.05, 0) is 111 Å². The highest BCUT2D eigenvalue weighted by Crippen LogP contribution is 2.70. The lowest BCUT2D eigenvalue weighted by Crippen LogP contribution is -2.63. The van der Waals surface area contributed by atoms with Gasteiger partial charge in [0.2, 0.25) is 0 Å². The van der Waals surface area contributed by atoms with Gasteiger partial charge in [-0.1, -0.05) is 13.8 Å². The molecule has 1 aromatic rings. The number of carbonyl (C=O) groups excluding carboxylic acids is 1. The van der Waals surface area contributed by atoms with Crippen LogP contribution in [0.1, 0.15) is 89.5 Å². The molecule has 6 rings (SSSR count). The molecule has 2 heterocycles. The molecule has 8 atom stereocenters. The molecule has 0 bridgehead atoms. The minimum atomic E-state index is -0.707. The predicted molar refractivity (Wildman–Crippen MR) is 153 cm³/mol. The van der Waals surface area contributed by atoms with Crippen molar-refractivity contribution < 1.29 is 19.4 Å². The van der Waals surface area contributed by atoms with E-state index >= 15 is 0 Å². The maximum atomic E-state index is 13.6. The Balaban J connectivity index is 1.19. The van der Waals surface area contributed by atoms with Crippen LogP contribution in [0.15, 0.2) is 27.6 Å². The van der Waals surface area contributed by atoms with Crippen LogP contribution in [0, 0.1) is 28.6 Å². The average Bonchev–Trinajstić information content (AvgIpc) is 3.09. The van der Waals surface area contributed by atoms with Crippen LogP contribution in [0.3, 0.4) is 0 Å². The molecule has 5 aliphatic rings. The van der Waals surface area contributed by atoms with Crippen LogP contribution in [0.4, 0.5) is 4.79 Å². The fourth-order valence-electron chi connectivity index (χ4n) is 10.3. The average molecular weight is 556 g/mol. The summed E-state index contributed by atoms with van der Waals surface area (Å²) in [6.45, 7) is 8.45. The molecule has 1 aliphatic heterocycles. The number of carbonyl (C=O) groups is 1. The lowest BCUT2D eigenvalue weighted by Gasteiger charge is -2.64. The van der Waals surface area contributed by atoms with Crippen LogP contribution >= 0.6 is 0 Å². The van der Waals surface area contributed by atoms with E-state index < -0.39 is 5.60 Å². The summed E-state index contributed by atoms with van der Waals surface area (Å²) in [7, 11) is 0. The molecule has 222 valence electrons. The molecule has 0 aromatic carbocycles. The van der Waals surface area contributed by atoms with Crippen molar-refractivity contribution in [3.05, 3.63) is 34.4 Å². The molecular formula is C32H49N3O5. The molecule has 40 heavy (non-hydrogen) atoms. The first kappa shape index (κ1) is 28.2. The number of rotatable bonds is 4. The largest absolute Gasteiger partial charge is 0.431 e. The van der Waals surface area contributed by atoms with E-state index in [4.69, 9.17) is 4.42 Å². The van der Waals surface area contributed by atoms with Crippen molar-refractivity contribution in [2.24, 2.45) is 28.6 Å². The second kappa shape index (κ2) is 10.7. The van der Waals surface area contributed by atoms with Crippen LogP contribution in [-0.4, -0.2) is 77.0 Å².